The lowest BCUT2D eigenvalue weighted by Crippen LogP contribution is -2.29. The highest BCUT2D eigenvalue weighted by molar-refractivity contribution is 7.10. The zero-order chi connectivity index (χ0) is 14.8. The molecule has 0 unspecified atom stereocenters. The number of carbonyl (C=O) groups is 1. The first-order valence-corrected chi connectivity index (χ1v) is 7.68. The molecular formula is C14H16N4O2S. The summed E-state index contributed by atoms with van der Waals surface area (Å²) in [5.74, 6) is 0.333. The van der Waals surface area contributed by atoms with Crippen molar-refractivity contribution in [3.63, 3.8) is 0 Å². The first kappa shape index (κ1) is 13.8. The number of hydrogen-bond donors (Lipinski definition) is 1. The maximum Gasteiger partial charge on any atom is 0.338 e. The Morgan fingerprint density at radius 2 is 2.43 bits per heavy atom. The van der Waals surface area contributed by atoms with Gasteiger partial charge in [-0.1, -0.05) is 13.0 Å². The fourth-order valence-electron chi connectivity index (χ4n) is 2.34. The number of fused-ring (bicyclic) bond motifs is 1. The van der Waals surface area contributed by atoms with Gasteiger partial charge in [-0.25, -0.2) is 9.48 Å². The largest absolute Gasteiger partial charge is 0.462 e. The molecule has 2 aromatic rings. The van der Waals surface area contributed by atoms with Crippen molar-refractivity contribution < 1.29 is 9.53 Å². The smallest absolute Gasteiger partial charge is 0.338 e. The zero-order valence-electron chi connectivity index (χ0n) is 11.9. The number of carbonyl (C=O) groups excluding carboxylic acids is 1. The Kier molecular flexibility index (Phi) is 3.74. The number of aromatic nitrogens is 3. The van der Waals surface area contributed by atoms with E-state index < -0.39 is 0 Å². The maximum atomic E-state index is 12.4. The second kappa shape index (κ2) is 5.69. The summed E-state index contributed by atoms with van der Waals surface area (Å²) in [5.41, 5.74) is 1.35. The summed E-state index contributed by atoms with van der Waals surface area (Å²) in [6.07, 6.45) is 2.28. The first-order chi connectivity index (χ1) is 10.2. The number of esters is 1. The van der Waals surface area contributed by atoms with Crippen molar-refractivity contribution >= 4 is 23.3 Å². The van der Waals surface area contributed by atoms with Crippen molar-refractivity contribution in [1.82, 2.24) is 14.8 Å². The number of thiophene rings is 1. The van der Waals surface area contributed by atoms with E-state index in [0.717, 1.165) is 17.0 Å². The molecule has 1 aliphatic heterocycles. The Balaban J connectivity index is 2.04. The Morgan fingerprint density at radius 3 is 3.14 bits per heavy atom. The van der Waals surface area contributed by atoms with Gasteiger partial charge in [-0.05, 0) is 24.8 Å². The normalized spacial score (nSPS) is 17.3. The molecule has 0 radical (unpaired) electrons. The predicted octanol–water partition coefficient (Wildman–Crippen LogP) is 2.58. The summed E-state index contributed by atoms with van der Waals surface area (Å²) < 4.78 is 7.05. The highest BCUT2D eigenvalue weighted by atomic mass is 32.1. The number of ether oxygens (including phenoxy) is 1. The fourth-order valence-corrected chi connectivity index (χ4v) is 3.16. The molecule has 0 fully saturated rings. The van der Waals surface area contributed by atoms with E-state index in [9.17, 15) is 4.79 Å². The van der Waals surface area contributed by atoms with Crippen molar-refractivity contribution in [2.24, 2.45) is 0 Å². The molecule has 6 nitrogen and oxygen atoms in total. The third-order valence-corrected chi connectivity index (χ3v) is 4.19. The van der Waals surface area contributed by atoms with Crippen LogP contribution in [0.3, 0.4) is 0 Å². The van der Waals surface area contributed by atoms with Gasteiger partial charge in [-0.2, -0.15) is 10.1 Å². The fraction of sp³-hybridized carbons (Fsp3) is 0.357. The quantitative estimate of drug-likeness (QED) is 0.879. The van der Waals surface area contributed by atoms with Crippen molar-refractivity contribution in [3.8, 4) is 0 Å². The van der Waals surface area contributed by atoms with Crippen LogP contribution in [0.25, 0.3) is 0 Å². The minimum absolute atomic E-state index is 0.284. The van der Waals surface area contributed by atoms with E-state index in [4.69, 9.17) is 4.74 Å². The number of allylic oxidation sites excluding steroid dienone is 1. The molecule has 3 heterocycles. The van der Waals surface area contributed by atoms with Crippen LogP contribution in [0, 0.1) is 0 Å². The van der Waals surface area contributed by atoms with Gasteiger partial charge < -0.3 is 10.1 Å². The lowest BCUT2D eigenvalue weighted by Gasteiger charge is -2.27. The minimum Gasteiger partial charge on any atom is -0.462 e. The number of nitrogens with zero attached hydrogens (tertiary/aromatic N) is 3. The molecule has 0 amide bonds. The van der Waals surface area contributed by atoms with Crippen molar-refractivity contribution in [3.05, 3.63) is 40.0 Å². The molecule has 110 valence electrons. The summed E-state index contributed by atoms with van der Waals surface area (Å²) in [5, 5.41) is 9.35. The second-order valence-corrected chi connectivity index (χ2v) is 5.73. The summed E-state index contributed by atoms with van der Waals surface area (Å²) in [4.78, 5) is 17.6. The maximum absolute atomic E-state index is 12.4. The summed E-state index contributed by atoms with van der Waals surface area (Å²) in [7, 11) is 0. The average molecular weight is 304 g/mol. The molecular weight excluding hydrogens is 288 g/mol. The third-order valence-electron chi connectivity index (χ3n) is 3.26. The highest BCUT2D eigenvalue weighted by Gasteiger charge is 2.34. The number of nitrogens with one attached hydrogen (secondary N) is 1. The molecule has 2 aromatic heterocycles. The lowest BCUT2D eigenvalue weighted by atomic mass is 10.0. The molecule has 7 heteroatoms. The molecule has 1 atom stereocenters. The van der Waals surface area contributed by atoms with Crippen LogP contribution in [0.2, 0.25) is 0 Å². The van der Waals surface area contributed by atoms with Crippen LogP contribution >= 0.6 is 11.3 Å². The van der Waals surface area contributed by atoms with Crippen LogP contribution in [-0.2, 0) is 9.53 Å². The highest BCUT2D eigenvalue weighted by Crippen LogP contribution is 2.36. The molecule has 1 aliphatic rings. The van der Waals surface area contributed by atoms with Crippen LogP contribution in [0.5, 0.6) is 0 Å². The summed E-state index contributed by atoms with van der Waals surface area (Å²) >= 11 is 1.59. The van der Waals surface area contributed by atoms with E-state index in [0.29, 0.717) is 18.1 Å². The number of rotatable bonds is 4. The lowest BCUT2D eigenvalue weighted by molar-refractivity contribution is -0.139. The molecule has 3 rings (SSSR count). The van der Waals surface area contributed by atoms with Gasteiger partial charge in [-0.15, -0.1) is 11.3 Å². The first-order valence-electron chi connectivity index (χ1n) is 6.80. The predicted molar refractivity (Wildman–Crippen MR) is 80.1 cm³/mol. The van der Waals surface area contributed by atoms with Crippen LogP contribution < -0.4 is 5.32 Å². The van der Waals surface area contributed by atoms with Gasteiger partial charge in [-0.3, -0.25) is 0 Å². The van der Waals surface area contributed by atoms with Crippen molar-refractivity contribution in [1.29, 1.82) is 0 Å². The standard InChI is InChI=1S/C14H16N4O2S/c1-3-6-20-13(19)11-9(2)17-14-15-8-16-18(14)12(11)10-5-4-7-21-10/h4-5,7-8,12H,3,6H2,1-2H3,(H,15,16,17)/t12-/m0/s1. The van der Waals surface area contributed by atoms with Crippen LogP contribution in [0.15, 0.2) is 35.1 Å². The van der Waals surface area contributed by atoms with E-state index >= 15 is 0 Å². The van der Waals surface area contributed by atoms with Crippen LogP contribution in [0.4, 0.5) is 5.95 Å². The van der Waals surface area contributed by atoms with Crippen LogP contribution in [0.1, 0.15) is 31.2 Å². The minimum atomic E-state index is -0.304. The topological polar surface area (TPSA) is 69.0 Å². The van der Waals surface area contributed by atoms with Gasteiger partial charge in [0.2, 0.25) is 5.95 Å². The number of anilines is 1. The van der Waals surface area contributed by atoms with Crippen molar-refractivity contribution in [2.45, 2.75) is 26.3 Å². The summed E-state index contributed by atoms with van der Waals surface area (Å²) in [6.45, 7) is 4.25. The van der Waals surface area contributed by atoms with Gasteiger partial charge in [0.15, 0.2) is 0 Å². The molecule has 0 bridgehead atoms. The second-order valence-electron chi connectivity index (χ2n) is 4.75. The molecule has 1 N–H and O–H groups in total. The molecule has 0 spiro atoms. The molecule has 21 heavy (non-hydrogen) atoms. The van der Waals surface area contributed by atoms with Gasteiger partial charge in [0, 0.05) is 10.6 Å². The monoisotopic (exact) mass is 304 g/mol. The van der Waals surface area contributed by atoms with E-state index in [1.165, 1.54) is 6.33 Å². The molecule has 0 aromatic carbocycles. The van der Waals surface area contributed by atoms with E-state index in [-0.39, 0.29) is 12.0 Å². The Morgan fingerprint density at radius 1 is 1.57 bits per heavy atom. The molecule has 0 aliphatic carbocycles. The van der Waals surface area contributed by atoms with Gasteiger partial charge in [0.05, 0.1) is 12.2 Å². The van der Waals surface area contributed by atoms with E-state index in [1.807, 2.05) is 31.4 Å². The zero-order valence-corrected chi connectivity index (χ0v) is 12.7. The Hall–Kier alpha value is -2.15. The third kappa shape index (κ3) is 2.44. The van der Waals surface area contributed by atoms with Gasteiger partial charge in [0.1, 0.15) is 12.4 Å². The summed E-state index contributed by atoms with van der Waals surface area (Å²) in [6, 6.07) is 3.67. The van der Waals surface area contributed by atoms with E-state index in [1.54, 1.807) is 16.0 Å². The van der Waals surface area contributed by atoms with Gasteiger partial charge >= 0.3 is 5.97 Å². The van der Waals surface area contributed by atoms with Crippen LogP contribution in [-0.4, -0.2) is 27.3 Å². The molecule has 0 saturated heterocycles. The number of hydrogen-bond acceptors (Lipinski definition) is 6. The Labute approximate surface area is 126 Å². The average Bonchev–Trinajstić information content (AvgIpc) is 3.13. The van der Waals surface area contributed by atoms with E-state index in [2.05, 4.69) is 15.4 Å². The Bertz CT molecular complexity index is 675. The van der Waals surface area contributed by atoms with Crippen molar-refractivity contribution in [2.75, 3.05) is 11.9 Å². The SMILES string of the molecule is CCCOC(=O)C1=C(C)Nc2ncnn2[C@H]1c1cccs1. The molecule has 0 saturated carbocycles. The van der Waals surface area contributed by atoms with Gasteiger partial charge in [0.25, 0.3) is 0 Å².